The highest BCUT2D eigenvalue weighted by Gasteiger charge is 2.29. The maximum atomic E-state index is 11.4. The molecule has 1 aliphatic carbocycles. The first-order valence-electron chi connectivity index (χ1n) is 5.21. The quantitative estimate of drug-likeness (QED) is 0.759. The molecule has 4 heteroatoms. The summed E-state index contributed by atoms with van der Waals surface area (Å²) in [6.45, 7) is 3.87. The molecule has 14 heavy (non-hydrogen) atoms. The van der Waals surface area contributed by atoms with Crippen molar-refractivity contribution in [1.82, 2.24) is 5.32 Å². The fourth-order valence-electron chi connectivity index (χ4n) is 1.80. The first-order valence-corrected chi connectivity index (χ1v) is 6.69. The number of hydrogen-bond acceptors (Lipinski definition) is 2. The van der Waals surface area contributed by atoms with Gasteiger partial charge in [-0.2, -0.15) is 11.8 Å². The topological polar surface area (TPSA) is 29.1 Å². The monoisotopic (exact) mass is 235 g/mol. The Hall–Kier alpha value is 0.110. The van der Waals surface area contributed by atoms with Crippen molar-refractivity contribution in [2.75, 3.05) is 5.75 Å². The standard InChI is InChI=1S/C10H18ClNOS/c1-3-14-9-6-4-5-8(9)12-10(13)7(2)11/h7-9H,3-6H2,1-2H3,(H,12,13). The van der Waals surface area contributed by atoms with Crippen LogP contribution in [0.2, 0.25) is 0 Å². The maximum absolute atomic E-state index is 11.4. The molecule has 3 atom stereocenters. The molecule has 0 bridgehead atoms. The zero-order chi connectivity index (χ0) is 10.6. The Morgan fingerprint density at radius 3 is 2.93 bits per heavy atom. The highest BCUT2D eigenvalue weighted by molar-refractivity contribution is 7.99. The maximum Gasteiger partial charge on any atom is 0.238 e. The number of rotatable bonds is 4. The van der Waals surface area contributed by atoms with E-state index < -0.39 is 5.38 Å². The van der Waals surface area contributed by atoms with E-state index in [1.54, 1.807) is 6.92 Å². The molecule has 0 aliphatic heterocycles. The van der Waals surface area contributed by atoms with Crippen LogP contribution < -0.4 is 5.32 Å². The van der Waals surface area contributed by atoms with Crippen molar-refractivity contribution in [2.24, 2.45) is 0 Å². The van der Waals surface area contributed by atoms with Gasteiger partial charge in [-0.05, 0) is 25.5 Å². The van der Waals surface area contributed by atoms with Crippen molar-refractivity contribution in [3.05, 3.63) is 0 Å². The minimum Gasteiger partial charge on any atom is -0.351 e. The molecule has 1 amide bonds. The molecule has 0 heterocycles. The Balaban J connectivity index is 2.39. The van der Waals surface area contributed by atoms with Gasteiger partial charge in [0.2, 0.25) is 5.91 Å². The summed E-state index contributed by atoms with van der Waals surface area (Å²) in [5.41, 5.74) is 0. The van der Waals surface area contributed by atoms with E-state index in [0.717, 1.165) is 12.2 Å². The summed E-state index contributed by atoms with van der Waals surface area (Å²) >= 11 is 7.66. The van der Waals surface area contributed by atoms with Crippen LogP contribution >= 0.6 is 23.4 Å². The fourth-order valence-corrected chi connectivity index (χ4v) is 3.06. The molecule has 2 nitrogen and oxygen atoms in total. The molecule has 0 radical (unpaired) electrons. The van der Waals surface area contributed by atoms with Gasteiger partial charge in [-0.25, -0.2) is 0 Å². The Kier molecular flexibility index (Phi) is 5.10. The number of thioether (sulfide) groups is 1. The van der Waals surface area contributed by atoms with Crippen LogP contribution in [0.5, 0.6) is 0 Å². The largest absolute Gasteiger partial charge is 0.351 e. The van der Waals surface area contributed by atoms with Gasteiger partial charge in [0.15, 0.2) is 0 Å². The summed E-state index contributed by atoms with van der Waals surface area (Å²) in [6, 6.07) is 0.341. The molecular formula is C10H18ClNOS. The highest BCUT2D eigenvalue weighted by Crippen LogP contribution is 2.29. The Labute approximate surface area is 95.2 Å². The predicted octanol–water partition coefficient (Wildman–Crippen LogP) is 2.40. The number of nitrogens with one attached hydrogen (secondary N) is 1. The molecule has 0 aromatic rings. The zero-order valence-corrected chi connectivity index (χ0v) is 10.3. The number of carbonyl (C=O) groups excluding carboxylic acids is 1. The lowest BCUT2D eigenvalue weighted by atomic mass is 10.2. The molecule has 0 aromatic heterocycles. The van der Waals surface area contributed by atoms with Crippen molar-refractivity contribution in [3.63, 3.8) is 0 Å². The molecule has 0 saturated heterocycles. The van der Waals surface area contributed by atoms with Crippen LogP contribution in [0.25, 0.3) is 0 Å². The minimum atomic E-state index is -0.414. The highest BCUT2D eigenvalue weighted by atomic mass is 35.5. The van der Waals surface area contributed by atoms with Crippen molar-refractivity contribution >= 4 is 29.3 Å². The van der Waals surface area contributed by atoms with Crippen molar-refractivity contribution in [1.29, 1.82) is 0 Å². The van der Waals surface area contributed by atoms with Crippen LogP contribution in [0.3, 0.4) is 0 Å². The molecule has 1 saturated carbocycles. The van der Waals surface area contributed by atoms with E-state index >= 15 is 0 Å². The fraction of sp³-hybridized carbons (Fsp3) is 0.900. The van der Waals surface area contributed by atoms with E-state index in [1.165, 1.54) is 12.8 Å². The molecule has 3 unspecified atom stereocenters. The van der Waals surface area contributed by atoms with E-state index in [0.29, 0.717) is 11.3 Å². The summed E-state index contributed by atoms with van der Waals surface area (Å²) in [5.74, 6) is 1.09. The second-order valence-electron chi connectivity index (χ2n) is 3.66. The van der Waals surface area contributed by atoms with Gasteiger partial charge in [0.05, 0.1) is 0 Å². The van der Waals surface area contributed by atoms with E-state index in [-0.39, 0.29) is 5.91 Å². The van der Waals surface area contributed by atoms with Gasteiger partial charge in [-0.1, -0.05) is 13.3 Å². The molecule has 1 rings (SSSR count). The van der Waals surface area contributed by atoms with Gasteiger partial charge in [-0.15, -0.1) is 11.6 Å². The van der Waals surface area contributed by atoms with Crippen molar-refractivity contribution < 1.29 is 4.79 Å². The second kappa shape index (κ2) is 5.86. The van der Waals surface area contributed by atoms with E-state index in [9.17, 15) is 4.79 Å². The Morgan fingerprint density at radius 1 is 1.64 bits per heavy atom. The average Bonchev–Trinajstić information content (AvgIpc) is 2.53. The second-order valence-corrected chi connectivity index (χ2v) is 5.83. The summed E-state index contributed by atoms with van der Waals surface area (Å²) in [4.78, 5) is 11.4. The SMILES string of the molecule is CCSC1CCCC1NC(=O)C(C)Cl. The lowest BCUT2D eigenvalue weighted by Crippen LogP contribution is -2.41. The van der Waals surface area contributed by atoms with E-state index in [4.69, 9.17) is 11.6 Å². The van der Waals surface area contributed by atoms with Crippen molar-refractivity contribution in [2.45, 2.75) is 49.8 Å². The summed E-state index contributed by atoms with van der Waals surface area (Å²) in [6.07, 6.45) is 3.55. The number of halogens is 1. The predicted molar refractivity (Wildman–Crippen MR) is 63.0 cm³/mol. The molecule has 1 N–H and O–H groups in total. The van der Waals surface area contributed by atoms with Gasteiger partial charge in [0.1, 0.15) is 5.38 Å². The zero-order valence-electron chi connectivity index (χ0n) is 8.75. The molecule has 82 valence electrons. The third-order valence-electron chi connectivity index (χ3n) is 2.52. The van der Waals surface area contributed by atoms with Crippen LogP contribution in [0.15, 0.2) is 0 Å². The number of hydrogen-bond donors (Lipinski definition) is 1. The number of alkyl halides is 1. The molecule has 0 aromatic carbocycles. The Bertz CT molecular complexity index is 199. The lowest BCUT2D eigenvalue weighted by molar-refractivity contribution is -0.121. The van der Waals surface area contributed by atoms with Crippen molar-refractivity contribution in [3.8, 4) is 0 Å². The van der Waals surface area contributed by atoms with Gasteiger partial charge in [0.25, 0.3) is 0 Å². The molecular weight excluding hydrogens is 218 g/mol. The number of carbonyl (C=O) groups is 1. The first kappa shape index (κ1) is 12.2. The van der Waals surface area contributed by atoms with Gasteiger partial charge in [-0.3, -0.25) is 4.79 Å². The number of amides is 1. The first-order chi connectivity index (χ1) is 6.65. The third kappa shape index (κ3) is 3.35. The third-order valence-corrected chi connectivity index (χ3v) is 4.05. The van der Waals surface area contributed by atoms with Crippen LogP contribution in [0.4, 0.5) is 0 Å². The minimum absolute atomic E-state index is 0.0275. The van der Waals surface area contributed by atoms with E-state index in [2.05, 4.69) is 12.2 Å². The lowest BCUT2D eigenvalue weighted by Gasteiger charge is -2.20. The van der Waals surface area contributed by atoms with Crippen LogP contribution in [-0.2, 0) is 4.79 Å². The summed E-state index contributed by atoms with van der Waals surface area (Å²) in [7, 11) is 0. The molecule has 1 fully saturated rings. The van der Waals surface area contributed by atoms with Gasteiger partial charge < -0.3 is 5.32 Å². The van der Waals surface area contributed by atoms with Crippen LogP contribution in [0, 0.1) is 0 Å². The smallest absolute Gasteiger partial charge is 0.238 e. The summed E-state index contributed by atoms with van der Waals surface area (Å²) < 4.78 is 0. The van der Waals surface area contributed by atoms with Gasteiger partial charge >= 0.3 is 0 Å². The molecule has 1 aliphatic rings. The average molecular weight is 236 g/mol. The Morgan fingerprint density at radius 2 is 2.36 bits per heavy atom. The van der Waals surface area contributed by atoms with Crippen LogP contribution in [-0.4, -0.2) is 28.3 Å². The van der Waals surface area contributed by atoms with Gasteiger partial charge in [0, 0.05) is 11.3 Å². The van der Waals surface area contributed by atoms with Crippen LogP contribution in [0.1, 0.15) is 33.1 Å². The molecule has 0 spiro atoms. The van der Waals surface area contributed by atoms with E-state index in [1.807, 2.05) is 11.8 Å². The normalized spacial score (nSPS) is 28.8. The summed E-state index contributed by atoms with van der Waals surface area (Å²) in [5, 5.41) is 3.20.